The molecule has 33 heavy (non-hydrogen) atoms. The van der Waals surface area contributed by atoms with E-state index in [-0.39, 0.29) is 29.0 Å². The molecular formula is C22H22N4O6S. The number of carbonyl (C=O) groups excluding carboxylic acids is 2. The number of carbonyl (C=O) groups is 2. The zero-order valence-corrected chi connectivity index (χ0v) is 18.5. The SMILES string of the molecule is O=C(CCn1nnc2ccccc2c1=O)OCC(=O)c1ccc(S(=O)(=O)N2CCCC2)cc1. The molecule has 0 N–H and O–H groups in total. The summed E-state index contributed by atoms with van der Waals surface area (Å²) in [5.74, 6) is -1.13. The van der Waals surface area contributed by atoms with Gasteiger partial charge in [0.1, 0.15) is 5.52 Å². The first kappa shape index (κ1) is 22.7. The Labute approximate surface area is 189 Å². The average molecular weight is 471 g/mol. The molecule has 11 heteroatoms. The maximum atomic E-state index is 12.6. The van der Waals surface area contributed by atoms with Crippen molar-refractivity contribution in [1.82, 2.24) is 19.3 Å². The maximum absolute atomic E-state index is 12.6. The highest BCUT2D eigenvalue weighted by molar-refractivity contribution is 7.89. The molecular weight excluding hydrogens is 448 g/mol. The van der Waals surface area contributed by atoms with Gasteiger partial charge in [-0.1, -0.05) is 17.3 Å². The molecule has 4 rings (SSSR count). The van der Waals surface area contributed by atoms with Crippen LogP contribution in [0.2, 0.25) is 0 Å². The highest BCUT2D eigenvalue weighted by Gasteiger charge is 2.27. The lowest BCUT2D eigenvalue weighted by Gasteiger charge is -2.15. The molecule has 3 aromatic rings. The normalized spacial score (nSPS) is 14.4. The minimum Gasteiger partial charge on any atom is -0.457 e. The molecule has 0 aliphatic carbocycles. The van der Waals surface area contributed by atoms with Crippen molar-refractivity contribution in [2.75, 3.05) is 19.7 Å². The predicted molar refractivity (Wildman–Crippen MR) is 118 cm³/mol. The molecule has 172 valence electrons. The van der Waals surface area contributed by atoms with E-state index < -0.39 is 28.4 Å². The van der Waals surface area contributed by atoms with E-state index in [4.69, 9.17) is 4.74 Å². The summed E-state index contributed by atoms with van der Waals surface area (Å²) in [5, 5.41) is 8.14. The van der Waals surface area contributed by atoms with E-state index in [1.807, 2.05) is 0 Å². The third-order valence-electron chi connectivity index (χ3n) is 5.40. The van der Waals surface area contributed by atoms with Gasteiger partial charge in [0.15, 0.2) is 12.4 Å². The molecule has 0 bridgehead atoms. The number of fused-ring (bicyclic) bond motifs is 1. The van der Waals surface area contributed by atoms with E-state index in [1.165, 1.54) is 28.6 Å². The largest absolute Gasteiger partial charge is 0.457 e. The fraction of sp³-hybridized carbons (Fsp3) is 0.318. The summed E-state index contributed by atoms with van der Waals surface area (Å²) < 4.78 is 32.6. The first-order valence-corrected chi connectivity index (χ1v) is 11.9. The zero-order chi connectivity index (χ0) is 23.4. The van der Waals surface area contributed by atoms with Crippen LogP contribution in [0.25, 0.3) is 10.9 Å². The lowest BCUT2D eigenvalue weighted by Crippen LogP contribution is -2.27. The Morgan fingerprint density at radius 1 is 1.00 bits per heavy atom. The Hall–Kier alpha value is -3.44. The first-order chi connectivity index (χ1) is 15.9. The van der Waals surface area contributed by atoms with Crippen LogP contribution in [0, 0.1) is 0 Å². The first-order valence-electron chi connectivity index (χ1n) is 10.5. The molecule has 1 aliphatic heterocycles. The molecule has 0 unspecified atom stereocenters. The molecule has 2 aromatic carbocycles. The van der Waals surface area contributed by atoms with Gasteiger partial charge in [0, 0.05) is 18.7 Å². The highest BCUT2D eigenvalue weighted by Crippen LogP contribution is 2.21. The summed E-state index contributed by atoms with van der Waals surface area (Å²) in [5.41, 5.74) is 0.333. The van der Waals surface area contributed by atoms with Crippen LogP contribution in [-0.2, 0) is 26.1 Å². The van der Waals surface area contributed by atoms with Crippen molar-refractivity contribution >= 4 is 32.7 Å². The summed E-state index contributed by atoms with van der Waals surface area (Å²) in [6.07, 6.45) is 1.51. The Kier molecular flexibility index (Phi) is 6.61. The summed E-state index contributed by atoms with van der Waals surface area (Å²) >= 11 is 0. The minimum atomic E-state index is -3.56. The van der Waals surface area contributed by atoms with E-state index in [1.54, 1.807) is 24.3 Å². The molecule has 1 fully saturated rings. The molecule has 0 atom stereocenters. The number of ketones is 1. The topological polar surface area (TPSA) is 129 Å². The molecule has 2 heterocycles. The van der Waals surface area contributed by atoms with Gasteiger partial charge in [-0.2, -0.15) is 4.31 Å². The van der Waals surface area contributed by atoms with Gasteiger partial charge in [-0.15, -0.1) is 5.10 Å². The lowest BCUT2D eigenvalue weighted by atomic mass is 10.1. The van der Waals surface area contributed by atoms with Crippen molar-refractivity contribution in [3.05, 3.63) is 64.4 Å². The number of hydrogen-bond acceptors (Lipinski definition) is 8. The third-order valence-corrected chi connectivity index (χ3v) is 7.31. The van der Waals surface area contributed by atoms with Gasteiger partial charge in [-0.3, -0.25) is 14.4 Å². The van der Waals surface area contributed by atoms with Gasteiger partial charge in [0.2, 0.25) is 10.0 Å². The second kappa shape index (κ2) is 9.59. The van der Waals surface area contributed by atoms with E-state index in [9.17, 15) is 22.8 Å². The summed E-state index contributed by atoms with van der Waals surface area (Å²) in [6, 6.07) is 12.3. The smallest absolute Gasteiger partial charge is 0.308 e. The number of nitrogens with zero attached hydrogens (tertiary/aromatic N) is 4. The molecule has 10 nitrogen and oxygen atoms in total. The predicted octanol–water partition coefficient (Wildman–Crippen LogP) is 1.39. The standard InChI is InChI=1S/C22H22N4O6S/c27-20(16-7-9-17(10-8-16)33(30,31)25-12-3-4-13-25)15-32-21(28)11-14-26-22(29)18-5-1-2-6-19(18)23-24-26/h1-2,5-10H,3-4,11-15H2. The van der Waals surface area contributed by atoms with Crippen LogP contribution in [0.15, 0.2) is 58.2 Å². The van der Waals surface area contributed by atoms with E-state index in [2.05, 4.69) is 10.3 Å². The number of ether oxygens (including phenoxy) is 1. The fourth-order valence-corrected chi connectivity index (χ4v) is 5.08. The van der Waals surface area contributed by atoms with Crippen LogP contribution in [0.4, 0.5) is 0 Å². The van der Waals surface area contributed by atoms with Gasteiger partial charge in [0.05, 0.1) is 23.2 Å². The third kappa shape index (κ3) is 4.99. The second-order valence-electron chi connectivity index (χ2n) is 7.60. The molecule has 0 radical (unpaired) electrons. The highest BCUT2D eigenvalue weighted by atomic mass is 32.2. The average Bonchev–Trinajstić information content (AvgIpc) is 3.38. The summed E-state index contributed by atoms with van der Waals surface area (Å²) in [7, 11) is -3.56. The Morgan fingerprint density at radius 3 is 2.42 bits per heavy atom. The number of aromatic nitrogens is 3. The second-order valence-corrected chi connectivity index (χ2v) is 9.54. The van der Waals surface area contributed by atoms with Gasteiger partial charge >= 0.3 is 5.97 Å². The Balaban J connectivity index is 1.31. The van der Waals surface area contributed by atoms with Crippen LogP contribution in [0.1, 0.15) is 29.6 Å². The minimum absolute atomic E-state index is 0.0350. The number of esters is 1. The van der Waals surface area contributed by atoms with Crippen molar-refractivity contribution in [3.63, 3.8) is 0 Å². The fourth-order valence-electron chi connectivity index (χ4n) is 3.56. The van der Waals surface area contributed by atoms with Crippen LogP contribution < -0.4 is 5.56 Å². The Bertz CT molecular complexity index is 1350. The van der Waals surface area contributed by atoms with Crippen LogP contribution in [-0.4, -0.2) is 59.2 Å². The van der Waals surface area contributed by atoms with Crippen molar-refractivity contribution in [1.29, 1.82) is 0 Å². The molecule has 0 spiro atoms. The van der Waals surface area contributed by atoms with Gasteiger partial charge in [-0.25, -0.2) is 13.1 Å². The number of sulfonamides is 1. The van der Waals surface area contributed by atoms with Crippen molar-refractivity contribution in [2.45, 2.75) is 30.7 Å². The lowest BCUT2D eigenvalue weighted by molar-refractivity contribution is -0.142. The van der Waals surface area contributed by atoms with Crippen molar-refractivity contribution in [3.8, 4) is 0 Å². The number of benzene rings is 2. The molecule has 0 amide bonds. The van der Waals surface area contributed by atoms with Gasteiger partial charge in [-0.05, 0) is 49.2 Å². The maximum Gasteiger partial charge on any atom is 0.308 e. The van der Waals surface area contributed by atoms with Crippen LogP contribution >= 0.6 is 0 Å². The van der Waals surface area contributed by atoms with Gasteiger partial charge < -0.3 is 4.74 Å². The van der Waals surface area contributed by atoms with E-state index in [0.717, 1.165) is 17.5 Å². The zero-order valence-electron chi connectivity index (χ0n) is 17.7. The molecule has 1 aliphatic rings. The molecule has 1 saturated heterocycles. The summed E-state index contributed by atoms with van der Waals surface area (Å²) in [4.78, 5) is 36.9. The number of Topliss-reactive ketones (excluding diaryl/α,β-unsaturated/α-hetero) is 1. The number of hydrogen-bond donors (Lipinski definition) is 0. The van der Waals surface area contributed by atoms with E-state index >= 15 is 0 Å². The Morgan fingerprint density at radius 2 is 1.70 bits per heavy atom. The van der Waals surface area contributed by atoms with Crippen LogP contribution in [0.5, 0.6) is 0 Å². The van der Waals surface area contributed by atoms with Crippen molar-refractivity contribution < 1.29 is 22.7 Å². The van der Waals surface area contributed by atoms with Crippen molar-refractivity contribution in [2.24, 2.45) is 0 Å². The summed E-state index contributed by atoms with van der Waals surface area (Å²) in [6.45, 7) is 0.466. The van der Waals surface area contributed by atoms with E-state index in [0.29, 0.717) is 24.0 Å². The van der Waals surface area contributed by atoms with Gasteiger partial charge in [0.25, 0.3) is 5.56 Å². The molecule has 0 saturated carbocycles. The quantitative estimate of drug-likeness (QED) is 0.357. The molecule has 1 aromatic heterocycles. The van der Waals surface area contributed by atoms with Crippen LogP contribution in [0.3, 0.4) is 0 Å². The number of aryl methyl sites for hydroxylation is 1. The monoisotopic (exact) mass is 470 g/mol. The number of rotatable bonds is 8.